The normalized spacial score (nSPS) is 11.7. The number of hydrogen-bond donors (Lipinski definition) is 0. The van der Waals surface area contributed by atoms with Crippen LogP contribution >= 0.6 is 0 Å². The second kappa shape index (κ2) is 7.24. The highest BCUT2D eigenvalue weighted by molar-refractivity contribution is 5.80. The van der Waals surface area contributed by atoms with Crippen molar-refractivity contribution in [1.82, 2.24) is 0 Å². The van der Waals surface area contributed by atoms with Crippen LogP contribution in [0.15, 0.2) is 53.6 Å². The van der Waals surface area contributed by atoms with E-state index in [1.807, 2.05) is 61.8 Å². The molecule has 0 bridgehead atoms. The van der Waals surface area contributed by atoms with Gasteiger partial charge in [-0.15, -0.1) is 0 Å². The predicted octanol–water partition coefficient (Wildman–Crippen LogP) is 2.80. The van der Waals surface area contributed by atoms with Gasteiger partial charge in [0.2, 0.25) is 6.21 Å². The fraction of sp³-hybridized carbons (Fsp3) is 0.176. The minimum Gasteiger partial charge on any atom is -0.497 e. The Labute approximate surface area is 125 Å². The zero-order valence-electron chi connectivity index (χ0n) is 12.5. The van der Waals surface area contributed by atoms with E-state index in [0.717, 1.165) is 22.6 Å². The monoisotopic (exact) mass is 283 g/mol. The van der Waals surface area contributed by atoms with E-state index in [-0.39, 0.29) is 0 Å². The fourth-order valence-electron chi connectivity index (χ4n) is 1.79. The first-order chi connectivity index (χ1) is 10.2. The number of ether oxygens (including phenoxy) is 2. The maximum absolute atomic E-state index is 5.13. The molecule has 4 heteroatoms. The Kier molecular flexibility index (Phi) is 5.10. The summed E-state index contributed by atoms with van der Waals surface area (Å²) in [4.78, 5) is 0. The van der Waals surface area contributed by atoms with E-state index in [1.54, 1.807) is 25.1 Å². The second-order valence-electron chi connectivity index (χ2n) is 4.49. The summed E-state index contributed by atoms with van der Waals surface area (Å²) >= 11 is 0. The Morgan fingerprint density at radius 2 is 1.29 bits per heavy atom. The van der Waals surface area contributed by atoms with Crippen LogP contribution in [-0.2, 0) is 0 Å². The Morgan fingerprint density at radius 3 is 1.76 bits per heavy atom. The van der Waals surface area contributed by atoms with E-state index in [2.05, 4.69) is 5.10 Å². The van der Waals surface area contributed by atoms with Gasteiger partial charge in [0, 0.05) is 5.56 Å². The zero-order chi connectivity index (χ0) is 15.1. The van der Waals surface area contributed by atoms with Crippen LogP contribution in [-0.4, -0.2) is 38.4 Å². The van der Waals surface area contributed by atoms with Crippen molar-refractivity contribution in [2.24, 2.45) is 5.10 Å². The largest absolute Gasteiger partial charge is 0.497 e. The molecule has 0 saturated heterocycles. The van der Waals surface area contributed by atoms with Gasteiger partial charge >= 0.3 is 0 Å². The molecule has 0 fully saturated rings. The molecule has 0 spiro atoms. The van der Waals surface area contributed by atoms with Gasteiger partial charge in [0.1, 0.15) is 17.7 Å². The standard InChI is InChI=1S/C17H19N2O2/c1-19(13-15-6-10-17(21-3)11-7-15)18-12-14-4-8-16(20-2)9-5-14/h4-13H,1-3H3/q+1. The van der Waals surface area contributed by atoms with E-state index < -0.39 is 0 Å². The fourth-order valence-corrected chi connectivity index (χ4v) is 1.79. The van der Waals surface area contributed by atoms with Gasteiger partial charge in [-0.3, -0.25) is 0 Å². The number of methoxy groups -OCH3 is 2. The first-order valence-electron chi connectivity index (χ1n) is 6.61. The van der Waals surface area contributed by atoms with Gasteiger partial charge in [-0.2, -0.15) is 0 Å². The molecular weight excluding hydrogens is 264 g/mol. The summed E-state index contributed by atoms with van der Waals surface area (Å²) < 4.78 is 12.0. The highest BCUT2D eigenvalue weighted by atomic mass is 16.5. The van der Waals surface area contributed by atoms with E-state index >= 15 is 0 Å². The molecule has 4 nitrogen and oxygen atoms in total. The lowest BCUT2D eigenvalue weighted by Crippen LogP contribution is -2.00. The second-order valence-corrected chi connectivity index (χ2v) is 4.49. The third kappa shape index (κ3) is 4.45. The third-order valence-corrected chi connectivity index (χ3v) is 2.96. The summed E-state index contributed by atoms with van der Waals surface area (Å²) in [5.41, 5.74) is 2.08. The molecule has 0 heterocycles. The molecule has 21 heavy (non-hydrogen) atoms. The van der Waals surface area contributed by atoms with Gasteiger partial charge in [-0.25, -0.2) is 0 Å². The van der Waals surface area contributed by atoms with E-state index in [1.165, 1.54) is 0 Å². The van der Waals surface area contributed by atoms with Crippen LogP contribution in [0.3, 0.4) is 0 Å². The lowest BCUT2D eigenvalue weighted by atomic mass is 10.2. The summed E-state index contributed by atoms with van der Waals surface area (Å²) in [6, 6.07) is 15.6. The summed E-state index contributed by atoms with van der Waals surface area (Å²) in [5, 5.41) is 4.37. The van der Waals surface area contributed by atoms with Crippen molar-refractivity contribution in [3.8, 4) is 11.5 Å². The molecule has 2 aromatic carbocycles. The van der Waals surface area contributed by atoms with E-state index in [9.17, 15) is 0 Å². The van der Waals surface area contributed by atoms with Crippen LogP contribution in [0.4, 0.5) is 0 Å². The molecule has 0 unspecified atom stereocenters. The molecule has 0 aliphatic carbocycles. The minimum atomic E-state index is 0.838. The number of benzene rings is 2. The zero-order valence-corrected chi connectivity index (χ0v) is 12.5. The number of hydrogen-bond acceptors (Lipinski definition) is 3. The smallest absolute Gasteiger partial charge is 0.203 e. The van der Waals surface area contributed by atoms with Crippen molar-refractivity contribution in [2.45, 2.75) is 0 Å². The summed E-state index contributed by atoms with van der Waals surface area (Å²) in [7, 11) is 5.20. The summed E-state index contributed by atoms with van der Waals surface area (Å²) in [5.74, 6) is 1.68. The molecule has 0 aliphatic heterocycles. The molecule has 0 amide bonds. The van der Waals surface area contributed by atoms with Crippen molar-refractivity contribution in [3.05, 3.63) is 59.7 Å². The van der Waals surface area contributed by atoms with Crippen molar-refractivity contribution >= 4 is 12.4 Å². The molecule has 108 valence electrons. The maximum atomic E-state index is 5.13. The molecule has 2 aromatic rings. The Morgan fingerprint density at radius 1 is 0.810 bits per heavy atom. The van der Waals surface area contributed by atoms with Crippen LogP contribution < -0.4 is 9.47 Å². The molecule has 0 aliphatic rings. The summed E-state index contributed by atoms with van der Waals surface area (Å²) in [6.07, 6.45) is 3.75. The van der Waals surface area contributed by atoms with Crippen molar-refractivity contribution < 1.29 is 14.2 Å². The van der Waals surface area contributed by atoms with Crippen molar-refractivity contribution in [2.75, 3.05) is 21.3 Å². The Bertz CT molecular complexity index is 629. The van der Waals surface area contributed by atoms with Crippen LogP contribution in [0.5, 0.6) is 11.5 Å². The molecule has 2 rings (SSSR count). The van der Waals surface area contributed by atoms with Crippen LogP contribution in [0.25, 0.3) is 0 Å². The average Bonchev–Trinajstić information content (AvgIpc) is 2.54. The van der Waals surface area contributed by atoms with E-state index in [4.69, 9.17) is 9.47 Å². The van der Waals surface area contributed by atoms with E-state index in [0.29, 0.717) is 0 Å². The third-order valence-electron chi connectivity index (χ3n) is 2.96. The van der Waals surface area contributed by atoms with Gasteiger partial charge in [-0.1, -0.05) is 4.68 Å². The van der Waals surface area contributed by atoms with Gasteiger partial charge in [0.25, 0.3) is 0 Å². The van der Waals surface area contributed by atoms with Gasteiger partial charge < -0.3 is 9.47 Å². The van der Waals surface area contributed by atoms with Crippen molar-refractivity contribution in [3.63, 3.8) is 0 Å². The topological polar surface area (TPSA) is 33.8 Å². The first-order valence-corrected chi connectivity index (χ1v) is 6.61. The lowest BCUT2D eigenvalue weighted by molar-refractivity contribution is -0.496. The van der Waals surface area contributed by atoms with Crippen LogP contribution in [0.2, 0.25) is 0 Å². The molecular formula is C17H19N2O2+. The van der Waals surface area contributed by atoms with Gasteiger partial charge in [0.15, 0.2) is 7.05 Å². The lowest BCUT2D eigenvalue weighted by Gasteiger charge is -1.98. The Hall–Kier alpha value is -2.62. The molecule has 0 N–H and O–H groups in total. The average molecular weight is 283 g/mol. The highest BCUT2D eigenvalue weighted by Crippen LogP contribution is 2.10. The predicted molar refractivity (Wildman–Crippen MR) is 84.9 cm³/mol. The molecule has 0 aromatic heterocycles. The quantitative estimate of drug-likeness (QED) is 0.480. The number of rotatable bonds is 5. The molecule has 0 atom stereocenters. The number of nitrogens with zero attached hydrogens (tertiary/aromatic N) is 2. The summed E-state index contributed by atoms with van der Waals surface area (Å²) in [6.45, 7) is 0. The SMILES string of the molecule is COc1ccc(C=N[N+](C)=Cc2ccc(OC)cc2)cc1. The Balaban J connectivity index is 2.05. The molecule has 0 saturated carbocycles. The molecule has 0 radical (unpaired) electrons. The van der Waals surface area contributed by atoms with Crippen LogP contribution in [0.1, 0.15) is 11.1 Å². The van der Waals surface area contributed by atoms with Gasteiger partial charge in [-0.05, 0) is 59.2 Å². The first kappa shape index (κ1) is 14.8. The van der Waals surface area contributed by atoms with Crippen molar-refractivity contribution in [1.29, 1.82) is 0 Å². The number of hydrazone groups is 1. The van der Waals surface area contributed by atoms with Crippen LogP contribution in [0, 0.1) is 0 Å². The maximum Gasteiger partial charge on any atom is 0.203 e. The highest BCUT2D eigenvalue weighted by Gasteiger charge is 1.97. The minimum absolute atomic E-state index is 0.838. The van der Waals surface area contributed by atoms with Gasteiger partial charge in [0.05, 0.1) is 14.2 Å².